The first kappa shape index (κ1) is 13.6. The summed E-state index contributed by atoms with van der Waals surface area (Å²) in [6.45, 7) is 4.00. The van der Waals surface area contributed by atoms with Crippen LogP contribution in [0.1, 0.15) is 35.5 Å². The summed E-state index contributed by atoms with van der Waals surface area (Å²) in [5, 5.41) is 22.6. The van der Waals surface area contributed by atoms with E-state index in [2.05, 4.69) is 10.3 Å². The van der Waals surface area contributed by atoms with Gasteiger partial charge in [-0.1, -0.05) is 0 Å². The molecule has 0 aromatic carbocycles. The monoisotopic (exact) mass is 262 g/mol. The molecule has 0 amide bonds. The van der Waals surface area contributed by atoms with Crippen molar-refractivity contribution in [3.8, 4) is 5.75 Å². The predicted octanol–water partition coefficient (Wildman–Crippen LogP) is 2.03. The van der Waals surface area contributed by atoms with Crippen molar-refractivity contribution < 1.29 is 14.6 Å². The summed E-state index contributed by atoms with van der Waals surface area (Å²) >= 11 is 0. The molecule has 0 spiro atoms. The molecule has 19 heavy (non-hydrogen) atoms. The van der Waals surface area contributed by atoms with E-state index in [1.165, 1.54) is 0 Å². The van der Waals surface area contributed by atoms with Gasteiger partial charge in [0.25, 0.3) is 0 Å². The molecule has 0 aliphatic carbocycles. The molecule has 2 heterocycles. The summed E-state index contributed by atoms with van der Waals surface area (Å²) in [5.74, 6) is 0.960. The van der Waals surface area contributed by atoms with Crippen molar-refractivity contribution >= 4 is 0 Å². The van der Waals surface area contributed by atoms with Crippen LogP contribution >= 0.6 is 0 Å². The van der Waals surface area contributed by atoms with Crippen LogP contribution in [0, 0.1) is 6.92 Å². The third kappa shape index (κ3) is 2.94. The number of hydrogen-bond donors (Lipinski definition) is 3. The minimum Gasteiger partial charge on any atom is -0.506 e. The molecule has 1 unspecified atom stereocenters. The summed E-state index contributed by atoms with van der Waals surface area (Å²) in [6, 6.07) is 3.75. The maximum Gasteiger partial charge on any atom is 0.141 e. The highest BCUT2D eigenvalue weighted by atomic mass is 16.3. The normalized spacial score (nSPS) is 12.6. The molecule has 0 bridgehead atoms. The lowest BCUT2D eigenvalue weighted by Gasteiger charge is -2.15. The van der Waals surface area contributed by atoms with Crippen LogP contribution in [0.3, 0.4) is 0 Å². The molecule has 2 aromatic heterocycles. The van der Waals surface area contributed by atoms with Gasteiger partial charge in [-0.2, -0.15) is 0 Å². The number of aromatic nitrogens is 1. The first-order valence-corrected chi connectivity index (χ1v) is 6.17. The van der Waals surface area contributed by atoms with Crippen LogP contribution in [0.2, 0.25) is 0 Å². The van der Waals surface area contributed by atoms with Crippen LogP contribution in [0.5, 0.6) is 5.75 Å². The number of aryl methyl sites for hydroxylation is 1. The van der Waals surface area contributed by atoms with E-state index in [0.717, 1.165) is 5.76 Å². The zero-order chi connectivity index (χ0) is 13.8. The number of aliphatic hydroxyl groups is 1. The number of furan rings is 1. The highest BCUT2D eigenvalue weighted by Crippen LogP contribution is 2.24. The SMILES string of the molecule is Cc1ncc(CO)c(CNC(C)c2ccco2)c1O. The molecule has 2 rings (SSSR count). The lowest BCUT2D eigenvalue weighted by Crippen LogP contribution is -2.19. The summed E-state index contributed by atoms with van der Waals surface area (Å²) in [4.78, 5) is 4.03. The second kappa shape index (κ2) is 5.86. The van der Waals surface area contributed by atoms with Gasteiger partial charge in [0, 0.05) is 23.9 Å². The van der Waals surface area contributed by atoms with Gasteiger partial charge in [-0.15, -0.1) is 0 Å². The first-order valence-electron chi connectivity index (χ1n) is 6.17. The molecule has 3 N–H and O–H groups in total. The number of nitrogens with zero attached hydrogens (tertiary/aromatic N) is 1. The van der Waals surface area contributed by atoms with E-state index < -0.39 is 0 Å². The van der Waals surface area contributed by atoms with Crippen molar-refractivity contribution in [2.45, 2.75) is 33.0 Å². The maximum atomic E-state index is 10.0. The van der Waals surface area contributed by atoms with Crippen LogP contribution in [0.15, 0.2) is 29.0 Å². The van der Waals surface area contributed by atoms with Crippen LogP contribution < -0.4 is 5.32 Å². The van der Waals surface area contributed by atoms with Crippen LogP contribution in [-0.4, -0.2) is 15.2 Å². The third-order valence-corrected chi connectivity index (χ3v) is 3.16. The predicted molar refractivity (Wildman–Crippen MR) is 70.5 cm³/mol. The van der Waals surface area contributed by atoms with Crippen molar-refractivity contribution in [3.63, 3.8) is 0 Å². The number of rotatable bonds is 5. The van der Waals surface area contributed by atoms with Crippen LogP contribution in [0.25, 0.3) is 0 Å². The smallest absolute Gasteiger partial charge is 0.141 e. The third-order valence-electron chi connectivity index (χ3n) is 3.16. The van der Waals surface area contributed by atoms with Crippen LogP contribution in [-0.2, 0) is 13.2 Å². The van der Waals surface area contributed by atoms with Crippen molar-refractivity contribution in [1.29, 1.82) is 0 Å². The van der Waals surface area contributed by atoms with Crippen molar-refractivity contribution in [2.75, 3.05) is 0 Å². The molecule has 102 valence electrons. The average Bonchev–Trinajstić information content (AvgIpc) is 2.94. The lowest BCUT2D eigenvalue weighted by atomic mass is 10.1. The molecule has 2 aromatic rings. The Morgan fingerprint density at radius 2 is 2.26 bits per heavy atom. The fourth-order valence-electron chi connectivity index (χ4n) is 1.91. The fraction of sp³-hybridized carbons (Fsp3) is 0.357. The van der Waals surface area contributed by atoms with Crippen molar-refractivity contribution in [1.82, 2.24) is 10.3 Å². The Bertz CT molecular complexity index is 538. The highest BCUT2D eigenvalue weighted by Gasteiger charge is 2.13. The molecule has 0 radical (unpaired) electrons. The minimum atomic E-state index is -0.146. The molecular formula is C14H18N2O3. The van der Waals surface area contributed by atoms with Gasteiger partial charge < -0.3 is 19.9 Å². The molecule has 5 nitrogen and oxygen atoms in total. The Hall–Kier alpha value is -1.85. The minimum absolute atomic E-state index is 0.0226. The second-order valence-electron chi connectivity index (χ2n) is 4.47. The highest BCUT2D eigenvalue weighted by molar-refractivity contribution is 5.40. The molecule has 1 atom stereocenters. The summed E-state index contributed by atoms with van der Waals surface area (Å²) in [7, 11) is 0. The number of pyridine rings is 1. The van der Waals surface area contributed by atoms with Gasteiger partial charge in [0.1, 0.15) is 11.5 Å². The van der Waals surface area contributed by atoms with E-state index in [4.69, 9.17) is 4.42 Å². The van der Waals surface area contributed by atoms with Crippen molar-refractivity contribution in [2.24, 2.45) is 0 Å². The van der Waals surface area contributed by atoms with Gasteiger partial charge in [-0.3, -0.25) is 4.98 Å². The summed E-state index contributed by atoms with van der Waals surface area (Å²) in [5.41, 5.74) is 1.86. The molecule has 0 saturated heterocycles. The van der Waals surface area contributed by atoms with E-state index in [1.54, 1.807) is 19.4 Å². The van der Waals surface area contributed by atoms with Crippen LogP contribution in [0.4, 0.5) is 0 Å². The maximum absolute atomic E-state index is 10.0. The quantitative estimate of drug-likeness (QED) is 0.768. The van der Waals surface area contributed by atoms with E-state index in [-0.39, 0.29) is 18.4 Å². The van der Waals surface area contributed by atoms with Gasteiger partial charge in [-0.25, -0.2) is 0 Å². The fourth-order valence-corrected chi connectivity index (χ4v) is 1.91. The van der Waals surface area contributed by atoms with E-state index in [1.807, 2.05) is 19.1 Å². The number of aliphatic hydroxyl groups excluding tert-OH is 1. The molecule has 0 fully saturated rings. The van der Waals surface area contributed by atoms with E-state index in [0.29, 0.717) is 23.4 Å². The summed E-state index contributed by atoms with van der Waals surface area (Å²) in [6.07, 6.45) is 3.21. The topological polar surface area (TPSA) is 78.5 Å². The molecule has 0 saturated carbocycles. The Kier molecular flexibility index (Phi) is 4.19. The van der Waals surface area contributed by atoms with Crippen molar-refractivity contribution in [3.05, 3.63) is 47.2 Å². The number of hydrogen-bond acceptors (Lipinski definition) is 5. The van der Waals surface area contributed by atoms with Gasteiger partial charge >= 0.3 is 0 Å². The lowest BCUT2D eigenvalue weighted by molar-refractivity contribution is 0.278. The van der Waals surface area contributed by atoms with Gasteiger partial charge in [-0.05, 0) is 26.0 Å². The Balaban J connectivity index is 2.13. The largest absolute Gasteiger partial charge is 0.506 e. The van der Waals surface area contributed by atoms with E-state index in [9.17, 15) is 10.2 Å². The van der Waals surface area contributed by atoms with E-state index >= 15 is 0 Å². The standard InChI is InChI=1S/C14H18N2O3/c1-9(13-4-3-5-19-13)16-7-12-11(8-17)6-15-10(2)14(12)18/h3-6,9,16-18H,7-8H2,1-2H3. The summed E-state index contributed by atoms with van der Waals surface area (Å²) < 4.78 is 5.31. The first-order chi connectivity index (χ1) is 9.13. The Labute approximate surface area is 111 Å². The van der Waals surface area contributed by atoms with Gasteiger partial charge in [0.2, 0.25) is 0 Å². The molecule has 0 aliphatic rings. The number of nitrogens with one attached hydrogen (secondary N) is 1. The molecular weight excluding hydrogens is 244 g/mol. The zero-order valence-electron chi connectivity index (χ0n) is 11.1. The second-order valence-corrected chi connectivity index (χ2v) is 4.47. The van der Waals surface area contributed by atoms with Gasteiger partial charge in [0.05, 0.1) is 24.6 Å². The molecule has 5 heteroatoms. The Morgan fingerprint density at radius 3 is 2.89 bits per heavy atom. The average molecular weight is 262 g/mol. The Morgan fingerprint density at radius 1 is 1.47 bits per heavy atom. The number of aromatic hydroxyl groups is 1. The van der Waals surface area contributed by atoms with Gasteiger partial charge in [0.15, 0.2) is 0 Å². The zero-order valence-corrected chi connectivity index (χ0v) is 11.1. The molecule has 0 aliphatic heterocycles.